The molecule has 0 saturated carbocycles. The van der Waals surface area contributed by atoms with Crippen LogP contribution in [0.25, 0.3) is 0 Å². The zero-order chi connectivity index (χ0) is 9.52. The minimum Gasteiger partial charge on any atom is -0.328 e. The molecule has 0 aliphatic rings. The largest absolute Gasteiger partial charge is 0.328 e. The minimum atomic E-state index is 0.300. The Hall–Kier alpha value is -0.610. The lowest BCUT2D eigenvalue weighted by Crippen LogP contribution is -2.15. The van der Waals surface area contributed by atoms with Crippen molar-refractivity contribution in [3.63, 3.8) is 0 Å². The van der Waals surface area contributed by atoms with Gasteiger partial charge in [-0.1, -0.05) is 0 Å². The number of nitrogens with two attached hydrogens (primary N) is 1. The highest BCUT2D eigenvalue weighted by atomic mass is 32.2. The number of hydrogen-bond donors (Lipinski definition) is 1. The minimum absolute atomic E-state index is 0.300. The molecule has 1 heterocycles. The van der Waals surface area contributed by atoms with Crippen LogP contribution in [0.3, 0.4) is 0 Å². The van der Waals surface area contributed by atoms with Gasteiger partial charge in [-0.3, -0.25) is 9.97 Å². The van der Waals surface area contributed by atoms with Crippen LogP contribution in [0.4, 0.5) is 0 Å². The summed E-state index contributed by atoms with van der Waals surface area (Å²) in [4.78, 5) is 8.18. The molecule has 3 nitrogen and oxygen atoms in total. The van der Waals surface area contributed by atoms with Gasteiger partial charge in [-0.25, -0.2) is 0 Å². The third-order valence-electron chi connectivity index (χ3n) is 1.58. The van der Waals surface area contributed by atoms with E-state index in [2.05, 4.69) is 9.97 Å². The number of thioether (sulfide) groups is 1. The molecule has 1 aromatic heterocycles. The summed E-state index contributed by atoms with van der Waals surface area (Å²) in [5, 5.41) is 0. The van der Waals surface area contributed by atoms with Gasteiger partial charge >= 0.3 is 0 Å². The van der Waals surface area contributed by atoms with Gasteiger partial charge in [-0.2, -0.15) is 11.8 Å². The van der Waals surface area contributed by atoms with Crippen LogP contribution in [-0.4, -0.2) is 21.8 Å². The molecule has 2 N–H and O–H groups in total. The molecule has 0 aliphatic carbocycles. The molecule has 0 bridgehead atoms. The second-order valence-electron chi connectivity index (χ2n) is 3.02. The predicted molar refractivity (Wildman–Crippen MR) is 56.5 cm³/mol. The average Bonchev–Trinajstić information content (AvgIpc) is 2.14. The van der Waals surface area contributed by atoms with Crippen molar-refractivity contribution in [2.75, 3.05) is 5.75 Å². The molecule has 1 aromatic rings. The topological polar surface area (TPSA) is 51.8 Å². The maximum atomic E-state index is 5.63. The second kappa shape index (κ2) is 5.94. The van der Waals surface area contributed by atoms with Crippen LogP contribution in [-0.2, 0) is 5.75 Å². The summed E-state index contributed by atoms with van der Waals surface area (Å²) in [5.41, 5.74) is 6.67. The van der Waals surface area contributed by atoms with E-state index in [1.54, 1.807) is 18.6 Å². The van der Waals surface area contributed by atoms with Crippen molar-refractivity contribution < 1.29 is 0 Å². The summed E-state index contributed by atoms with van der Waals surface area (Å²) in [6, 6.07) is 0.300. The van der Waals surface area contributed by atoms with Crippen molar-refractivity contribution in [2.45, 2.75) is 25.1 Å². The maximum Gasteiger partial charge on any atom is 0.0685 e. The Morgan fingerprint density at radius 1 is 1.54 bits per heavy atom. The molecule has 1 rings (SSSR count). The molecule has 1 atom stereocenters. The van der Waals surface area contributed by atoms with Gasteiger partial charge in [0.15, 0.2) is 0 Å². The van der Waals surface area contributed by atoms with E-state index in [1.807, 2.05) is 18.7 Å². The first-order valence-corrected chi connectivity index (χ1v) is 5.52. The molecule has 0 aromatic carbocycles. The number of nitrogens with zero attached hydrogens (tertiary/aromatic N) is 2. The summed E-state index contributed by atoms with van der Waals surface area (Å²) in [6.07, 6.45) is 6.28. The van der Waals surface area contributed by atoms with E-state index >= 15 is 0 Å². The Labute approximate surface area is 83.2 Å². The lowest BCUT2D eigenvalue weighted by Gasteiger charge is -2.03. The fraction of sp³-hybridized carbons (Fsp3) is 0.556. The number of rotatable bonds is 5. The molecule has 72 valence electrons. The van der Waals surface area contributed by atoms with Crippen molar-refractivity contribution in [1.29, 1.82) is 0 Å². The van der Waals surface area contributed by atoms with Gasteiger partial charge in [0.1, 0.15) is 0 Å². The van der Waals surface area contributed by atoms with Gasteiger partial charge in [0.05, 0.1) is 5.69 Å². The fourth-order valence-electron chi connectivity index (χ4n) is 0.850. The molecular formula is C9H15N3S. The second-order valence-corrected chi connectivity index (χ2v) is 4.12. The van der Waals surface area contributed by atoms with Gasteiger partial charge < -0.3 is 5.73 Å². The first kappa shape index (κ1) is 10.5. The van der Waals surface area contributed by atoms with Crippen molar-refractivity contribution in [1.82, 2.24) is 9.97 Å². The molecule has 0 aliphatic heterocycles. The van der Waals surface area contributed by atoms with Crippen LogP contribution < -0.4 is 5.73 Å². The standard InChI is InChI=1S/C9H15N3S/c1-8(10)2-5-13-7-9-6-11-3-4-12-9/h3-4,6,8H,2,5,7,10H2,1H3. The van der Waals surface area contributed by atoms with Crippen LogP contribution in [0.1, 0.15) is 19.0 Å². The van der Waals surface area contributed by atoms with Gasteiger partial charge in [0.25, 0.3) is 0 Å². The Bertz CT molecular complexity index is 226. The molecule has 4 heteroatoms. The molecule has 0 saturated heterocycles. The Balaban J connectivity index is 2.13. The van der Waals surface area contributed by atoms with E-state index in [-0.39, 0.29) is 0 Å². The number of hydrogen-bond acceptors (Lipinski definition) is 4. The zero-order valence-corrected chi connectivity index (χ0v) is 8.63. The van der Waals surface area contributed by atoms with Crippen LogP contribution in [0.5, 0.6) is 0 Å². The van der Waals surface area contributed by atoms with Crippen LogP contribution in [0, 0.1) is 0 Å². The Morgan fingerprint density at radius 2 is 2.38 bits per heavy atom. The predicted octanol–water partition coefficient (Wildman–Crippen LogP) is 1.45. The Kier molecular flexibility index (Phi) is 4.78. The monoisotopic (exact) mass is 197 g/mol. The van der Waals surface area contributed by atoms with Crippen molar-refractivity contribution in [2.24, 2.45) is 5.73 Å². The molecule has 0 spiro atoms. The van der Waals surface area contributed by atoms with Crippen LogP contribution in [0.2, 0.25) is 0 Å². The average molecular weight is 197 g/mol. The van der Waals surface area contributed by atoms with Crippen molar-refractivity contribution >= 4 is 11.8 Å². The van der Waals surface area contributed by atoms with E-state index in [4.69, 9.17) is 5.73 Å². The van der Waals surface area contributed by atoms with Gasteiger partial charge in [0.2, 0.25) is 0 Å². The highest BCUT2D eigenvalue weighted by molar-refractivity contribution is 7.98. The van der Waals surface area contributed by atoms with Crippen LogP contribution >= 0.6 is 11.8 Å². The quantitative estimate of drug-likeness (QED) is 0.726. The lowest BCUT2D eigenvalue weighted by atomic mass is 10.3. The summed E-state index contributed by atoms with van der Waals surface area (Å²) in [7, 11) is 0. The fourth-order valence-corrected chi connectivity index (χ4v) is 1.89. The van der Waals surface area contributed by atoms with Crippen molar-refractivity contribution in [3.8, 4) is 0 Å². The SMILES string of the molecule is CC(N)CCSCc1cnccn1. The summed E-state index contributed by atoms with van der Waals surface area (Å²) < 4.78 is 0. The highest BCUT2D eigenvalue weighted by Crippen LogP contribution is 2.10. The zero-order valence-electron chi connectivity index (χ0n) is 7.81. The van der Waals surface area contributed by atoms with Gasteiger partial charge in [-0.05, 0) is 19.1 Å². The molecule has 0 amide bonds. The van der Waals surface area contributed by atoms with Crippen molar-refractivity contribution in [3.05, 3.63) is 24.3 Å². The lowest BCUT2D eigenvalue weighted by molar-refractivity contribution is 0.721. The first-order valence-electron chi connectivity index (χ1n) is 4.37. The maximum absolute atomic E-state index is 5.63. The molecule has 1 unspecified atom stereocenters. The van der Waals surface area contributed by atoms with E-state index in [0.717, 1.165) is 23.6 Å². The van der Waals surface area contributed by atoms with Crippen LogP contribution in [0.15, 0.2) is 18.6 Å². The van der Waals surface area contributed by atoms with E-state index in [1.165, 1.54) is 0 Å². The normalized spacial score (nSPS) is 12.8. The van der Waals surface area contributed by atoms with Gasteiger partial charge in [0, 0.05) is 30.4 Å². The van der Waals surface area contributed by atoms with E-state index < -0.39 is 0 Å². The molecular weight excluding hydrogens is 182 g/mol. The third kappa shape index (κ3) is 4.85. The van der Waals surface area contributed by atoms with Gasteiger partial charge in [-0.15, -0.1) is 0 Å². The summed E-state index contributed by atoms with van der Waals surface area (Å²) in [6.45, 7) is 2.03. The molecule has 0 radical (unpaired) electrons. The third-order valence-corrected chi connectivity index (χ3v) is 2.61. The summed E-state index contributed by atoms with van der Waals surface area (Å²) in [5.74, 6) is 2.02. The number of aromatic nitrogens is 2. The van der Waals surface area contributed by atoms with E-state index in [9.17, 15) is 0 Å². The smallest absolute Gasteiger partial charge is 0.0685 e. The summed E-state index contributed by atoms with van der Waals surface area (Å²) >= 11 is 1.85. The van der Waals surface area contributed by atoms with E-state index in [0.29, 0.717) is 6.04 Å². The highest BCUT2D eigenvalue weighted by Gasteiger charge is 1.96. The molecule has 13 heavy (non-hydrogen) atoms. The molecule has 0 fully saturated rings. The first-order chi connectivity index (χ1) is 6.29. The Morgan fingerprint density at radius 3 is 3.00 bits per heavy atom.